The minimum Gasteiger partial charge on any atom is -0.465 e. The van der Waals surface area contributed by atoms with Crippen LogP contribution in [0, 0.1) is 11.8 Å². The van der Waals surface area contributed by atoms with Gasteiger partial charge in [-0.15, -0.1) is 0 Å². The highest BCUT2D eigenvalue weighted by Crippen LogP contribution is 2.15. The molecule has 0 saturated carbocycles. The second-order valence-corrected chi connectivity index (χ2v) is 4.38. The monoisotopic (exact) mass is 214 g/mol. The van der Waals surface area contributed by atoms with Gasteiger partial charge in [-0.2, -0.15) is 0 Å². The molecule has 1 atom stereocenters. The van der Waals surface area contributed by atoms with Gasteiger partial charge in [0.1, 0.15) is 0 Å². The molecule has 90 valence electrons. The Bertz CT molecular complexity index is 160. The first-order valence-electron chi connectivity index (χ1n) is 6.32. The number of carbonyl (C=O) groups is 1. The molecular formula is C13H26O2. The van der Waals surface area contributed by atoms with E-state index in [1.54, 1.807) is 0 Å². The van der Waals surface area contributed by atoms with Crippen LogP contribution >= 0.6 is 0 Å². The van der Waals surface area contributed by atoms with E-state index in [1.165, 1.54) is 25.7 Å². The molecule has 0 aliphatic carbocycles. The molecule has 0 amide bonds. The van der Waals surface area contributed by atoms with Crippen molar-refractivity contribution in [3.05, 3.63) is 0 Å². The van der Waals surface area contributed by atoms with Crippen LogP contribution in [-0.4, -0.2) is 12.6 Å². The molecule has 15 heavy (non-hydrogen) atoms. The van der Waals surface area contributed by atoms with E-state index >= 15 is 0 Å². The molecule has 0 heterocycles. The molecule has 0 bridgehead atoms. The summed E-state index contributed by atoms with van der Waals surface area (Å²) >= 11 is 0. The predicted molar refractivity (Wildman–Crippen MR) is 63.7 cm³/mol. The smallest absolute Gasteiger partial charge is 0.308 e. The van der Waals surface area contributed by atoms with Crippen LogP contribution < -0.4 is 0 Å². The quantitative estimate of drug-likeness (QED) is 0.575. The van der Waals surface area contributed by atoms with Crippen LogP contribution in [0.2, 0.25) is 0 Å². The number of hydrogen-bond donors (Lipinski definition) is 0. The van der Waals surface area contributed by atoms with Gasteiger partial charge >= 0.3 is 5.97 Å². The van der Waals surface area contributed by atoms with Gasteiger partial charge in [0.2, 0.25) is 0 Å². The third-order valence-electron chi connectivity index (χ3n) is 2.87. The first kappa shape index (κ1) is 14.5. The first-order chi connectivity index (χ1) is 7.15. The van der Waals surface area contributed by atoms with Crippen LogP contribution in [0.1, 0.15) is 59.8 Å². The molecule has 0 aromatic carbocycles. The Hall–Kier alpha value is -0.530. The SMILES string of the molecule is CCCC(CCC)COC(=O)C(C)CC. The fourth-order valence-corrected chi connectivity index (χ4v) is 1.64. The lowest BCUT2D eigenvalue weighted by atomic mass is 9.99. The van der Waals surface area contributed by atoms with Gasteiger partial charge in [0.25, 0.3) is 0 Å². The summed E-state index contributed by atoms with van der Waals surface area (Å²) in [7, 11) is 0. The zero-order valence-corrected chi connectivity index (χ0v) is 10.7. The standard InChI is InChI=1S/C13H26O2/c1-5-8-12(9-6-2)10-15-13(14)11(4)7-3/h11-12H,5-10H2,1-4H3. The zero-order chi connectivity index (χ0) is 11.7. The van der Waals surface area contributed by atoms with Crippen molar-refractivity contribution >= 4 is 5.97 Å². The fraction of sp³-hybridized carbons (Fsp3) is 0.923. The molecule has 1 unspecified atom stereocenters. The summed E-state index contributed by atoms with van der Waals surface area (Å²) < 4.78 is 5.32. The third-order valence-corrected chi connectivity index (χ3v) is 2.87. The van der Waals surface area contributed by atoms with E-state index < -0.39 is 0 Å². The van der Waals surface area contributed by atoms with Gasteiger partial charge in [0.15, 0.2) is 0 Å². The van der Waals surface area contributed by atoms with E-state index in [9.17, 15) is 4.79 Å². The molecule has 0 aliphatic heterocycles. The van der Waals surface area contributed by atoms with E-state index in [0.717, 1.165) is 6.42 Å². The fourth-order valence-electron chi connectivity index (χ4n) is 1.64. The minimum absolute atomic E-state index is 0.0327. The van der Waals surface area contributed by atoms with Crippen molar-refractivity contribution in [1.82, 2.24) is 0 Å². The highest BCUT2D eigenvalue weighted by molar-refractivity contribution is 5.71. The molecule has 2 heteroatoms. The summed E-state index contributed by atoms with van der Waals surface area (Å²) in [5, 5.41) is 0. The molecule has 0 saturated heterocycles. The third kappa shape index (κ3) is 6.53. The van der Waals surface area contributed by atoms with Crippen LogP contribution in [-0.2, 0) is 9.53 Å². The molecule has 0 aromatic rings. The molecular weight excluding hydrogens is 188 g/mol. The normalized spacial score (nSPS) is 12.9. The van der Waals surface area contributed by atoms with Gasteiger partial charge < -0.3 is 4.74 Å². The number of ether oxygens (including phenoxy) is 1. The summed E-state index contributed by atoms with van der Waals surface area (Å²) in [5.41, 5.74) is 0. The second kappa shape index (κ2) is 8.75. The average Bonchev–Trinajstić information content (AvgIpc) is 2.25. The summed E-state index contributed by atoms with van der Waals surface area (Å²) in [6, 6.07) is 0. The summed E-state index contributed by atoms with van der Waals surface area (Å²) in [5.74, 6) is 0.580. The lowest BCUT2D eigenvalue weighted by Gasteiger charge is -2.16. The van der Waals surface area contributed by atoms with E-state index in [2.05, 4.69) is 13.8 Å². The van der Waals surface area contributed by atoms with Crippen molar-refractivity contribution in [2.45, 2.75) is 59.8 Å². The second-order valence-electron chi connectivity index (χ2n) is 4.38. The molecule has 0 aliphatic rings. The lowest BCUT2D eigenvalue weighted by molar-refractivity contribution is -0.149. The number of rotatable bonds is 8. The van der Waals surface area contributed by atoms with Crippen molar-refractivity contribution in [3.63, 3.8) is 0 Å². The maximum Gasteiger partial charge on any atom is 0.308 e. The van der Waals surface area contributed by atoms with Gasteiger partial charge in [0.05, 0.1) is 12.5 Å². The van der Waals surface area contributed by atoms with Crippen LogP contribution in [0.4, 0.5) is 0 Å². The van der Waals surface area contributed by atoms with E-state index in [-0.39, 0.29) is 11.9 Å². The summed E-state index contributed by atoms with van der Waals surface area (Å²) in [6.07, 6.45) is 5.55. The number of carbonyl (C=O) groups excluding carboxylic acids is 1. The van der Waals surface area contributed by atoms with E-state index in [4.69, 9.17) is 4.74 Å². The molecule has 0 rings (SSSR count). The van der Waals surface area contributed by atoms with Gasteiger partial charge in [-0.05, 0) is 25.2 Å². The molecule has 0 aromatic heterocycles. The summed E-state index contributed by atoms with van der Waals surface area (Å²) in [6.45, 7) is 8.92. The maximum absolute atomic E-state index is 11.5. The Labute approximate surface area is 94.4 Å². The van der Waals surface area contributed by atoms with Gasteiger partial charge in [-0.1, -0.05) is 40.5 Å². The van der Waals surface area contributed by atoms with Crippen LogP contribution in [0.25, 0.3) is 0 Å². The highest BCUT2D eigenvalue weighted by Gasteiger charge is 2.14. The van der Waals surface area contributed by atoms with Crippen molar-refractivity contribution in [2.75, 3.05) is 6.61 Å². The van der Waals surface area contributed by atoms with Crippen molar-refractivity contribution < 1.29 is 9.53 Å². The average molecular weight is 214 g/mol. The largest absolute Gasteiger partial charge is 0.465 e. The number of esters is 1. The van der Waals surface area contributed by atoms with E-state index in [1.807, 2.05) is 13.8 Å². The predicted octanol–water partition coefficient (Wildman–Crippen LogP) is 3.79. The highest BCUT2D eigenvalue weighted by atomic mass is 16.5. The minimum atomic E-state index is -0.0327. The zero-order valence-electron chi connectivity index (χ0n) is 10.7. The Morgan fingerprint density at radius 3 is 2.07 bits per heavy atom. The van der Waals surface area contributed by atoms with Crippen molar-refractivity contribution in [3.8, 4) is 0 Å². The van der Waals surface area contributed by atoms with Crippen molar-refractivity contribution in [1.29, 1.82) is 0 Å². The Balaban J connectivity index is 3.82. The van der Waals surface area contributed by atoms with Crippen LogP contribution in [0.15, 0.2) is 0 Å². The van der Waals surface area contributed by atoms with E-state index in [0.29, 0.717) is 12.5 Å². The molecule has 0 radical (unpaired) electrons. The molecule has 2 nitrogen and oxygen atoms in total. The molecule has 0 fully saturated rings. The van der Waals surface area contributed by atoms with Crippen LogP contribution in [0.3, 0.4) is 0 Å². The Morgan fingerprint density at radius 1 is 1.13 bits per heavy atom. The topological polar surface area (TPSA) is 26.3 Å². The lowest BCUT2D eigenvalue weighted by Crippen LogP contribution is -2.19. The van der Waals surface area contributed by atoms with Gasteiger partial charge in [0, 0.05) is 0 Å². The number of hydrogen-bond acceptors (Lipinski definition) is 2. The Kier molecular flexibility index (Phi) is 8.44. The van der Waals surface area contributed by atoms with Crippen LogP contribution in [0.5, 0.6) is 0 Å². The van der Waals surface area contributed by atoms with Gasteiger partial charge in [-0.3, -0.25) is 4.79 Å². The van der Waals surface area contributed by atoms with Gasteiger partial charge in [-0.25, -0.2) is 0 Å². The first-order valence-corrected chi connectivity index (χ1v) is 6.32. The maximum atomic E-state index is 11.5. The molecule has 0 N–H and O–H groups in total. The Morgan fingerprint density at radius 2 is 1.67 bits per heavy atom. The van der Waals surface area contributed by atoms with Crippen molar-refractivity contribution in [2.24, 2.45) is 11.8 Å². The molecule has 0 spiro atoms. The summed E-state index contributed by atoms with van der Waals surface area (Å²) in [4.78, 5) is 11.5.